The van der Waals surface area contributed by atoms with Crippen molar-refractivity contribution in [2.45, 2.75) is 44.2 Å². The summed E-state index contributed by atoms with van der Waals surface area (Å²) in [6.45, 7) is 1.50. The van der Waals surface area contributed by atoms with Gasteiger partial charge in [-0.2, -0.15) is 4.98 Å². The maximum Gasteiger partial charge on any atom is 0.292 e. The molecule has 3 N–H and O–H groups in total. The summed E-state index contributed by atoms with van der Waals surface area (Å²) in [5.41, 5.74) is 0. The van der Waals surface area contributed by atoms with E-state index < -0.39 is 0 Å². The molecule has 0 aromatic carbocycles. The molecular formula is C13H20N4O3. The highest BCUT2D eigenvalue weighted by Crippen LogP contribution is 2.24. The molecule has 7 heteroatoms. The molecule has 3 rings (SSSR count). The van der Waals surface area contributed by atoms with Crippen molar-refractivity contribution in [1.82, 2.24) is 20.8 Å². The number of aliphatic hydroxyl groups is 1. The monoisotopic (exact) mass is 280 g/mol. The number of carbonyl (C=O) groups is 1. The Kier molecular flexibility index (Phi) is 3.98. The number of rotatable bonds is 4. The van der Waals surface area contributed by atoms with Crippen LogP contribution < -0.4 is 10.6 Å². The SMILES string of the molecule is O=C(NCC1CCC(O)C1)c1noc(C2CCCN2)n1. The number of aliphatic hydroxyl groups excluding tert-OH is 1. The normalized spacial score (nSPS) is 29.8. The van der Waals surface area contributed by atoms with Gasteiger partial charge < -0.3 is 20.3 Å². The van der Waals surface area contributed by atoms with Crippen molar-refractivity contribution in [1.29, 1.82) is 0 Å². The maximum atomic E-state index is 11.9. The number of hydrogen-bond donors (Lipinski definition) is 3. The number of hydrogen-bond acceptors (Lipinski definition) is 6. The smallest absolute Gasteiger partial charge is 0.292 e. The number of nitrogens with zero attached hydrogens (tertiary/aromatic N) is 2. The highest BCUT2D eigenvalue weighted by Gasteiger charge is 2.26. The molecule has 1 aliphatic carbocycles. The molecule has 1 aromatic heterocycles. The Labute approximate surface area is 117 Å². The summed E-state index contributed by atoms with van der Waals surface area (Å²) >= 11 is 0. The summed E-state index contributed by atoms with van der Waals surface area (Å²) < 4.78 is 5.13. The first-order valence-electron chi connectivity index (χ1n) is 7.25. The van der Waals surface area contributed by atoms with Gasteiger partial charge in [0.05, 0.1) is 12.1 Å². The summed E-state index contributed by atoms with van der Waals surface area (Å²) in [6.07, 6.45) is 4.35. The summed E-state index contributed by atoms with van der Waals surface area (Å²) in [5.74, 6) is 0.618. The molecule has 1 amide bonds. The van der Waals surface area contributed by atoms with Gasteiger partial charge in [0.2, 0.25) is 5.89 Å². The Morgan fingerprint density at radius 3 is 3.05 bits per heavy atom. The maximum absolute atomic E-state index is 11.9. The zero-order valence-electron chi connectivity index (χ0n) is 11.3. The van der Waals surface area contributed by atoms with Crippen LogP contribution in [-0.2, 0) is 0 Å². The van der Waals surface area contributed by atoms with Gasteiger partial charge in [-0.15, -0.1) is 0 Å². The topological polar surface area (TPSA) is 100 Å². The van der Waals surface area contributed by atoms with Gasteiger partial charge in [0.25, 0.3) is 11.7 Å². The lowest BCUT2D eigenvalue weighted by atomic mass is 10.1. The van der Waals surface area contributed by atoms with E-state index in [1.54, 1.807) is 0 Å². The van der Waals surface area contributed by atoms with Crippen molar-refractivity contribution in [2.24, 2.45) is 5.92 Å². The van der Waals surface area contributed by atoms with Crippen LogP contribution in [0.15, 0.2) is 4.52 Å². The van der Waals surface area contributed by atoms with Crippen molar-refractivity contribution < 1.29 is 14.4 Å². The summed E-state index contributed by atoms with van der Waals surface area (Å²) in [5, 5.41) is 19.2. The molecule has 3 unspecified atom stereocenters. The Bertz CT molecular complexity index is 470. The van der Waals surface area contributed by atoms with Crippen molar-refractivity contribution in [2.75, 3.05) is 13.1 Å². The van der Waals surface area contributed by atoms with Crippen LogP contribution in [0.5, 0.6) is 0 Å². The molecule has 1 aliphatic heterocycles. The van der Waals surface area contributed by atoms with E-state index in [-0.39, 0.29) is 23.9 Å². The van der Waals surface area contributed by atoms with Gasteiger partial charge in [-0.25, -0.2) is 0 Å². The second kappa shape index (κ2) is 5.88. The predicted molar refractivity (Wildman–Crippen MR) is 70.0 cm³/mol. The van der Waals surface area contributed by atoms with Gasteiger partial charge in [0, 0.05) is 6.54 Å². The van der Waals surface area contributed by atoms with E-state index in [9.17, 15) is 9.90 Å². The molecule has 0 bridgehead atoms. The fourth-order valence-electron chi connectivity index (χ4n) is 2.91. The highest BCUT2D eigenvalue weighted by atomic mass is 16.5. The number of carbonyl (C=O) groups excluding carboxylic acids is 1. The Hall–Kier alpha value is -1.47. The number of amides is 1. The van der Waals surface area contributed by atoms with Crippen LogP contribution in [-0.4, -0.2) is 40.3 Å². The average Bonchev–Trinajstić information content (AvgIpc) is 3.16. The van der Waals surface area contributed by atoms with Crippen molar-refractivity contribution >= 4 is 5.91 Å². The first kappa shape index (κ1) is 13.5. The third-order valence-corrected chi connectivity index (χ3v) is 4.07. The first-order chi connectivity index (χ1) is 9.72. The lowest BCUT2D eigenvalue weighted by Gasteiger charge is -2.09. The van der Waals surface area contributed by atoms with Crippen LogP contribution in [0.4, 0.5) is 0 Å². The molecule has 0 spiro atoms. The van der Waals surface area contributed by atoms with Gasteiger partial charge in [-0.1, -0.05) is 5.16 Å². The predicted octanol–water partition coefficient (Wildman–Crippen LogP) is 0.385. The third kappa shape index (κ3) is 2.99. The number of aromatic nitrogens is 2. The summed E-state index contributed by atoms with van der Waals surface area (Å²) in [7, 11) is 0. The van der Waals surface area contributed by atoms with Crippen molar-refractivity contribution in [3.05, 3.63) is 11.7 Å². The quantitative estimate of drug-likeness (QED) is 0.737. The van der Waals surface area contributed by atoms with Gasteiger partial charge in [0.1, 0.15) is 0 Å². The fourth-order valence-corrected chi connectivity index (χ4v) is 2.91. The van der Waals surface area contributed by atoms with E-state index >= 15 is 0 Å². The van der Waals surface area contributed by atoms with Crippen LogP contribution in [0.25, 0.3) is 0 Å². The van der Waals surface area contributed by atoms with Crippen molar-refractivity contribution in [3.8, 4) is 0 Å². The van der Waals surface area contributed by atoms with Crippen LogP contribution >= 0.6 is 0 Å². The van der Waals surface area contributed by atoms with Gasteiger partial charge >= 0.3 is 0 Å². The third-order valence-electron chi connectivity index (χ3n) is 4.07. The minimum atomic E-state index is -0.306. The molecule has 20 heavy (non-hydrogen) atoms. The van der Waals surface area contributed by atoms with E-state index in [0.717, 1.165) is 38.6 Å². The summed E-state index contributed by atoms with van der Waals surface area (Å²) in [6, 6.07) is 0.0778. The lowest BCUT2D eigenvalue weighted by Crippen LogP contribution is -2.29. The van der Waals surface area contributed by atoms with Gasteiger partial charge in [-0.3, -0.25) is 4.79 Å². The van der Waals surface area contributed by atoms with Crippen LogP contribution in [0, 0.1) is 5.92 Å². The molecule has 2 aliphatic rings. The molecule has 110 valence electrons. The Balaban J connectivity index is 1.52. The van der Waals surface area contributed by atoms with E-state index in [0.29, 0.717) is 18.4 Å². The van der Waals surface area contributed by atoms with Gasteiger partial charge in [0.15, 0.2) is 0 Å². The first-order valence-corrected chi connectivity index (χ1v) is 7.25. The van der Waals surface area contributed by atoms with Gasteiger partial charge in [-0.05, 0) is 44.6 Å². The second-order valence-electron chi connectivity index (χ2n) is 5.65. The second-order valence-corrected chi connectivity index (χ2v) is 5.65. The molecule has 2 heterocycles. The Morgan fingerprint density at radius 1 is 1.45 bits per heavy atom. The zero-order chi connectivity index (χ0) is 13.9. The molecule has 2 fully saturated rings. The van der Waals surface area contributed by atoms with Crippen molar-refractivity contribution in [3.63, 3.8) is 0 Å². The molecular weight excluding hydrogens is 260 g/mol. The largest absolute Gasteiger partial charge is 0.393 e. The van der Waals surface area contributed by atoms with E-state index in [2.05, 4.69) is 20.8 Å². The van der Waals surface area contributed by atoms with E-state index in [1.807, 2.05) is 0 Å². The average molecular weight is 280 g/mol. The molecule has 1 saturated heterocycles. The van der Waals surface area contributed by atoms with E-state index in [4.69, 9.17) is 4.52 Å². The van der Waals surface area contributed by atoms with Crippen LogP contribution in [0.1, 0.15) is 54.7 Å². The van der Waals surface area contributed by atoms with Crippen LogP contribution in [0.2, 0.25) is 0 Å². The van der Waals surface area contributed by atoms with Crippen LogP contribution in [0.3, 0.4) is 0 Å². The molecule has 1 aromatic rings. The molecule has 0 radical (unpaired) electrons. The Morgan fingerprint density at radius 2 is 2.35 bits per heavy atom. The molecule has 3 atom stereocenters. The molecule has 1 saturated carbocycles. The van der Waals surface area contributed by atoms with E-state index in [1.165, 1.54) is 0 Å². The standard InChI is InChI=1S/C13H20N4O3/c18-9-4-3-8(6-9)7-15-12(19)11-16-13(20-17-11)10-2-1-5-14-10/h8-10,14,18H,1-7H2,(H,15,19). The molecule has 7 nitrogen and oxygen atoms in total. The number of nitrogens with one attached hydrogen (secondary N) is 2. The minimum absolute atomic E-state index is 0.0778. The fraction of sp³-hybridized carbons (Fsp3) is 0.769. The zero-order valence-corrected chi connectivity index (χ0v) is 11.3. The minimum Gasteiger partial charge on any atom is -0.393 e. The highest BCUT2D eigenvalue weighted by molar-refractivity contribution is 5.90. The lowest BCUT2D eigenvalue weighted by molar-refractivity contribution is 0.0931. The summed E-state index contributed by atoms with van der Waals surface area (Å²) in [4.78, 5) is 16.1.